The van der Waals surface area contributed by atoms with Gasteiger partial charge in [-0.25, -0.2) is 23.4 Å². The van der Waals surface area contributed by atoms with Crippen molar-refractivity contribution in [3.8, 4) is 11.7 Å². The maximum atomic E-state index is 14.0. The Hall–Kier alpha value is -3.41. The average Bonchev–Trinajstić information content (AvgIpc) is 3.54. The summed E-state index contributed by atoms with van der Waals surface area (Å²) in [7, 11) is 0. The smallest absolute Gasteiger partial charge is 0.265 e. The normalized spacial score (nSPS) is 21.5. The number of anilines is 2. The van der Waals surface area contributed by atoms with E-state index in [1.807, 2.05) is 18.2 Å². The summed E-state index contributed by atoms with van der Waals surface area (Å²) in [6, 6.07) is 11.0. The minimum Gasteiger partial charge on any atom is -0.477 e. The van der Waals surface area contributed by atoms with Gasteiger partial charge in [0, 0.05) is 48.3 Å². The Labute approximate surface area is 261 Å². The molecular weight excluding hydrogens is 584 g/mol. The van der Waals surface area contributed by atoms with E-state index in [9.17, 15) is 13.6 Å². The molecule has 4 bridgehead atoms. The minimum atomic E-state index is -2.71. The molecular formula is C32H41F2N7O2S. The largest absolute Gasteiger partial charge is 0.477 e. The summed E-state index contributed by atoms with van der Waals surface area (Å²) in [5.41, 5.74) is -0.667. The van der Waals surface area contributed by atoms with Crippen molar-refractivity contribution in [2.45, 2.75) is 88.6 Å². The van der Waals surface area contributed by atoms with E-state index >= 15 is 0 Å². The first-order valence-corrected chi connectivity index (χ1v) is 16.4. The van der Waals surface area contributed by atoms with Crippen molar-refractivity contribution < 1.29 is 18.3 Å². The van der Waals surface area contributed by atoms with Crippen molar-refractivity contribution in [2.24, 2.45) is 11.3 Å². The van der Waals surface area contributed by atoms with Crippen LogP contribution in [0.15, 0.2) is 47.6 Å². The van der Waals surface area contributed by atoms with Crippen LogP contribution in [-0.4, -0.2) is 56.8 Å². The summed E-state index contributed by atoms with van der Waals surface area (Å²) in [5, 5.41) is 8.62. The Kier molecular flexibility index (Phi) is 8.47. The number of carbonyl (C=O) groups excluding carboxylic acids is 1. The zero-order chi connectivity index (χ0) is 31.0. The van der Waals surface area contributed by atoms with Crippen molar-refractivity contribution in [3.05, 3.63) is 48.2 Å². The highest BCUT2D eigenvalue weighted by atomic mass is 32.2. The number of carbonyl (C=O) groups is 1. The van der Waals surface area contributed by atoms with Crippen molar-refractivity contribution in [2.75, 3.05) is 29.9 Å². The van der Waals surface area contributed by atoms with Crippen LogP contribution < -0.4 is 19.7 Å². The highest BCUT2D eigenvalue weighted by Crippen LogP contribution is 2.59. The molecule has 1 atom stereocenters. The number of hydrogen-bond donors (Lipinski definition) is 2. The van der Waals surface area contributed by atoms with E-state index in [4.69, 9.17) is 9.72 Å². The number of pyridine rings is 2. The summed E-state index contributed by atoms with van der Waals surface area (Å²) in [6.45, 7) is 7.27. The summed E-state index contributed by atoms with van der Waals surface area (Å²) in [6.07, 6.45) is 8.57. The monoisotopic (exact) mass is 625 g/mol. The molecule has 0 aromatic carbocycles. The molecule has 6 rings (SSSR count). The molecule has 3 aromatic heterocycles. The first-order valence-electron chi connectivity index (χ1n) is 15.6. The number of alkyl halides is 2. The van der Waals surface area contributed by atoms with Gasteiger partial charge in [-0.05, 0) is 89.5 Å². The topological polar surface area (TPSA) is 97.2 Å². The number of fused-ring (bicyclic) bond motifs is 6. The SMILES string of the molecule is CC1(C)CC2CCCCCNc3cccc(n3)SNC(=O)c3ccc(-n4ccc(OCCC5(C(C)(F)F)CC5)n4)nc3N1C2. The Balaban J connectivity index is 1.25. The Morgan fingerprint density at radius 2 is 1.95 bits per heavy atom. The summed E-state index contributed by atoms with van der Waals surface area (Å²) >= 11 is 1.18. The van der Waals surface area contributed by atoms with Crippen LogP contribution >= 0.6 is 11.9 Å². The zero-order valence-electron chi connectivity index (χ0n) is 25.6. The fraction of sp³-hybridized carbons (Fsp3) is 0.562. The molecule has 0 radical (unpaired) electrons. The number of aromatic nitrogens is 4. The van der Waals surface area contributed by atoms with Crippen molar-refractivity contribution in [1.82, 2.24) is 24.5 Å². The summed E-state index contributed by atoms with van der Waals surface area (Å²) in [5.74, 6) is -0.162. The van der Waals surface area contributed by atoms with Gasteiger partial charge in [-0.3, -0.25) is 9.52 Å². The predicted octanol–water partition coefficient (Wildman–Crippen LogP) is 6.89. The van der Waals surface area contributed by atoms with Crippen molar-refractivity contribution in [1.29, 1.82) is 0 Å². The molecule has 12 heteroatoms. The molecule has 2 N–H and O–H groups in total. The van der Waals surface area contributed by atoms with E-state index in [1.54, 1.807) is 29.1 Å². The molecule has 236 valence electrons. The van der Waals surface area contributed by atoms with Crippen LogP contribution in [0.4, 0.5) is 20.4 Å². The van der Waals surface area contributed by atoms with Crippen LogP contribution in [-0.2, 0) is 0 Å². The molecule has 9 nitrogen and oxygen atoms in total. The van der Waals surface area contributed by atoms with E-state index < -0.39 is 11.3 Å². The molecule has 0 spiro atoms. The Morgan fingerprint density at radius 3 is 2.75 bits per heavy atom. The molecule has 3 aromatic rings. The van der Waals surface area contributed by atoms with Gasteiger partial charge in [-0.2, -0.15) is 0 Å². The van der Waals surface area contributed by atoms with E-state index in [-0.39, 0.29) is 24.5 Å². The Morgan fingerprint density at radius 1 is 1.11 bits per heavy atom. The lowest BCUT2D eigenvalue weighted by Crippen LogP contribution is -2.40. The lowest BCUT2D eigenvalue weighted by molar-refractivity contribution is -0.0618. The fourth-order valence-corrected chi connectivity index (χ4v) is 7.10. The first-order chi connectivity index (χ1) is 21.0. The summed E-state index contributed by atoms with van der Waals surface area (Å²) < 4.78 is 38.3. The zero-order valence-corrected chi connectivity index (χ0v) is 26.4. The molecule has 1 amide bonds. The molecule has 3 aliphatic rings. The first kappa shape index (κ1) is 30.6. The highest BCUT2D eigenvalue weighted by Gasteiger charge is 2.58. The third-order valence-electron chi connectivity index (χ3n) is 9.30. The van der Waals surface area contributed by atoms with Gasteiger partial charge >= 0.3 is 0 Å². The number of ether oxygens (including phenoxy) is 1. The van der Waals surface area contributed by atoms with Crippen LogP contribution in [0.5, 0.6) is 5.88 Å². The molecule has 5 heterocycles. The lowest BCUT2D eigenvalue weighted by atomic mass is 9.92. The number of halogens is 2. The fourth-order valence-electron chi connectivity index (χ4n) is 6.50. The molecule has 1 saturated carbocycles. The quantitative estimate of drug-likeness (QED) is 0.286. The Bertz CT molecular complexity index is 1490. The average molecular weight is 626 g/mol. The van der Waals surface area contributed by atoms with E-state index in [2.05, 4.69) is 38.9 Å². The van der Waals surface area contributed by atoms with Gasteiger partial charge in [-0.1, -0.05) is 18.9 Å². The van der Waals surface area contributed by atoms with Crippen LogP contribution in [0.25, 0.3) is 5.82 Å². The maximum absolute atomic E-state index is 14.0. The van der Waals surface area contributed by atoms with Crippen LogP contribution in [0.2, 0.25) is 0 Å². The number of hydrogen-bond acceptors (Lipinski definition) is 8. The van der Waals surface area contributed by atoms with Crippen LogP contribution in [0.1, 0.15) is 82.5 Å². The standard InChI is InChI=1S/C32H41F2N7O2S/c1-30(2)20-22-8-5-4-6-17-35-24-9-7-10-27(36-24)44-39-29(42)23-11-12-25(37-28(23)40(30)21-22)41-18-13-26(38-41)43-19-16-32(14-15-32)31(3,33)34/h7,9-13,18,22H,4-6,8,14-17,19-21H2,1-3H3,(H,35,36)(H,39,42). The molecule has 1 aliphatic carbocycles. The molecule has 1 unspecified atom stereocenters. The van der Waals surface area contributed by atoms with Crippen molar-refractivity contribution in [3.63, 3.8) is 0 Å². The molecule has 2 fully saturated rings. The van der Waals surface area contributed by atoms with Gasteiger partial charge in [0.2, 0.25) is 5.88 Å². The number of nitrogens with zero attached hydrogens (tertiary/aromatic N) is 5. The second-order valence-corrected chi connectivity index (χ2v) is 13.9. The number of amides is 1. The van der Waals surface area contributed by atoms with E-state index in [0.29, 0.717) is 46.9 Å². The third kappa shape index (κ3) is 6.64. The molecule has 2 aliphatic heterocycles. The number of nitrogens with one attached hydrogen (secondary N) is 2. The highest BCUT2D eigenvalue weighted by molar-refractivity contribution is 7.97. The number of rotatable bonds is 6. The van der Waals surface area contributed by atoms with Crippen molar-refractivity contribution >= 4 is 29.5 Å². The molecule has 1 saturated heterocycles. The van der Waals surface area contributed by atoms with Gasteiger partial charge in [0.05, 0.1) is 12.2 Å². The second kappa shape index (κ2) is 12.2. The summed E-state index contributed by atoms with van der Waals surface area (Å²) in [4.78, 5) is 25.5. The minimum absolute atomic E-state index is 0.174. The van der Waals surface area contributed by atoms with E-state index in [1.165, 1.54) is 11.9 Å². The van der Waals surface area contributed by atoms with Gasteiger partial charge in [-0.15, -0.1) is 5.10 Å². The van der Waals surface area contributed by atoms with Gasteiger partial charge in [0.15, 0.2) is 5.82 Å². The van der Waals surface area contributed by atoms with E-state index in [0.717, 1.165) is 57.9 Å². The van der Waals surface area contributed by atoms with Crippen LogP contribution in [0.3, 0.4) is 0 Å². The molecule has 44 heavy (non-hydrogen) atoms. The van der Waals surface area contributed by atoms with Gasteiger partial charge < -0.3 is 15.0 Å². The van der Waals surface area contributed by atoms with Crippen LogP contribution in [0, 0.1) is 11.3 Å². The predicted molar refractivity (Wildman–Crippen MR) is 168 cm³/mol. The van der Waals surface area contributed by atoms with Gasteiger partial charge in [0.1, 0.15) is 16.7 Å². The second-order valence-electron chi connectivity index (χ2n) is 13.1. The maximum Gasteiger partial charge on any atom is 0.265 e. The lowest BCUT2D eigenvalue weighted by Gasteiger charge is -2.34. The van der Waals surface area contributed by atoms with Gasteiger partial charge in [0.25, 0.3) is 11.8 Å². The third-order valence-corrected chi connectivity index (χ3v) is 10.0.